The molecule has 0 saturated carbocycles. The quantitative estimate of drug-likeness (QED) is 0.443. The molecule has 0 unspecified atom stereocenters. The molecule has 0 heterocycles. The highest BCUT2D eigenvalue weighted by Crippen LogP contribution is 2.05. The summed E-state index contributed by atoms with van der Waals surface area (Å²) in [4.78, 5) is 23.9. The normalized spacial score (nSPS) is 10.5. The van der Waals surface area contributed by atoms with Crippen molar-refractivity contribution in [2.45, 2.75) is 6.54 Å². The molecular formula is C18H16N4O2. The molecule has 2 aromatic rings. The van der Waals surface area contributed by atoms with Crippen molar-refractivity contribution in [1.29, 1.82) is 5.26 Å². The van der Waals surface area contributed by atoms with Crippen LogP contribution < -0.4 is 16.4 Å². The van der Waals surface area contributed by atoms with E-state index in [0.717, 1.165) is 11.8 Å². The second-order valence-corrected chi connectivity index (χ2v) is 4.93. The molecule has 0 bridgehead atoms. The van der Waals surface area contributed by atoms with Gasteiger partial charge in [0.15, 0.2) is 0 Å². The van der Waals surface area contributed by atoms with Crippen LogP contribution in [0.5, 0.6) is 0 Å². The molecule has 6 nitrogen and oxygen atoms in total. The lowest BCUT2D eigenvalue weighted by Crippen LogP contribution is -2.26. The molecule has 0 aliphatic carbocycles. The Hall–Kier alpha value is -3.59. The van der Waals surface area contributed by atoms with E-state index in [1.807, 2.05) is 30.3 Å². The monoisotopic (exact) mass is 320 g/mol. The zero-order valence-corrected chi connectivity index (χ0v) is 12.8. The van der Waals surface area contributed by atoms with E-state index >= 15 is 0 Å². The summed E-state index contributed by atoms with van der Waals surface area (Å²) in [6, 6.07) is 17.4. The summed E-state index contributed by atoms with van der Waals surface area (Å²) in [5, 5.41) is 14.1. The molecule has 0 aliphatic heterocycles. The highest BCUT2D eigenvalue weighted by atomic mass is 16.2. The van der Waals surface area contributed by atoms with E-state index in [-0.39, 0.29) is 5.57 Å². The van der Waals surface area contributed by atoms with Gasteiger partial charge in [0.25, 0.3) is 11.8 Å². The van der Waals surface area contributed by atoms with Gasteiger partial charge in [0.2, 0.25) is 0 Å². The molecule has 0 fully saturated rings. The third-order valence-corrected chi connectivity index (χ3v) is 3.18. The van der Waals surface area contributed by atoms with Crippen molar-refractivity contribution < 1.29 is 9.59 Å². The summed E-state index contributed by atoms with van der Waals surface area (Å²) in [5.74, 6) is -0.988. The third kappa shape index (κ3) is 4.71. The fraction of sp³-hybridized carbons (Fsp3) is 0.0556. The van der Waals surface area contributed by atoms with Gasteiger partial charge in [0.1, 0.15) is 11.6 Å². The first-order chi connectivity index (χ1) is 11.6. The third-order valence-electron chi connectivity index (χ3n) is 3.18. The minimum atomic E-state index is -0.557. The van der Waals surface area contributed by atoms with Crippen LogP contribution in [0.15, 0.2) is 66.4 Å². The molecule has 0 saturated heterocycles. The van der Waals surface area contributed by atoms with Gasteiger partial charge in [0.05, 0.1) is 0 Å². The largest absolute Gasteiger partial charge is 0.399 e. The van der Waals surface area contributed by atoms with Crippen molar-refractivity contribution in [3.05, 3.63) is 77.5 Å². The lowest BCUT2D eigenvalue weighted by molar-refractivity contribution is -0.117. The Morgan fingerprint density at radius 2 is 1.75 bits per heavy atom. The van der Waals surface area contributed by atoms with Gasteiger partial charge in [-0.1, -0.05) is 30.3 Å². The molecule has 6 heteroatoms. The van der Waals surface area contributed by atoms with Crippen molar-refractivity contribution >= 4 is 17.5 Å². The second-order valence-electron chi connectivity index (χ2n) is 4.93. The van der Waals surface area contributed by atoms with E-state index in [1.165, 1.54) is 0 Å². The van der Waals surface area contributed by atoms with Crippen LogP contribution >= 0.6 is 0 Å². The van der Waals surface area contributed by atoms with E-state index in [9.17, 15) is 9.59 Å². The predicted octanol–water partition coefficient (Wildman–Crippen LogP) is 1.72. The lowest BCUT2D eigenvalue weighted by Gasteiger charge is -2.05. The van der Waals surface area contributed by atoms with Crippen molar-refractivity contribution in [3.8, 4) is 6.07 Å². The lowest BCUT2D eigenvalue weighted by atomic mass is 10.2. The molecule has 24 heavy (non-hydrogen) atoms. The van der Waals surface area contributed by atoms with Gasteiger partial charge in [-0.2, -0.15) is 5.26 Å². The highest BCUT2D eigenvalue weighted by molar-refractivity contribution is 5.99. The fourth-order valence-electron chi connectivity index (χ4n) is 1.88. The fourth-order valence-corrected chi connectivity index (χ4v) is 1.88. The number of nitrogen functional groups attached to an aromatic ring is 1. The summed E-state index contributed by atoms with van der Waals surface area (Å²) >= 11 is 0. The van der Waals surface area contributed by atoms with Crippen molar-refractivity contribution in [3.63, 3.8) is 0 Å². The number of anilines is 1. The Kier molecular flexibility index (Phi) is 5.70. The van der Waals surface area contributed by atoms with Crippen molar-refractivity contribution in [1.82, 2.24) is 10.6 Å². The standard InChI is InChI=1S/C18H16N4O2/c19-10-15(18(24)21-11-13-4-2-1-3-5-13)12-22-17(23)14-6-8-16(20)9-7-14/h1-9,12H,11,20H2,(H,21,24)(H,22,23)/b15-12-. The zero-order valence-electron chi connectivity index (χ0n) is 12.8. The van der Waals surface area contributed by atoms with Gasteiger partial charge in [-0.3, -0.25) is 9.59 Å². The zero-order chi connectivity index (χ0) is 17.4. The first kappa shape index (κ1) is 16.8. The molecule has 120 valence electrons. The van der Waals surface area contributed by atoms with Crippen LogP contribution in [-0.2, 0) is 11.3 Å². The maximum absolute atomic E-state index is 12.0. The van der Waals surface area contributed by atoms with E-state index in [0.29, 0.717) is 17.8 Å². The molecule has 0 spiro atoms. The van der Waals surface area contributed by atoms with Gasteiger partial charge in [-0.25, -0.2) is 0 Å². The van der Waals surface area contributed by atoms with Crippen LogP contribution in [0.25, 0.3) is 0 Å². The van der Waals surface area contributed by atoms with Crippen LogP contribution in [0.1, 0.15) is 15.9 Å². The topological polar surface area (TPSA) is 108 Å². The molecule has 0 atom stereocenters. The average Bonchev–Trinajstić information content (AvgIpc) is 2.61. The van der Waals surface area contributed by atoms with Gasteiger partial charge < -0.3 is 16.4 Å². The molecular weight excluding hydrogens is 304 g/mol. The first-order valence-corrected chi connectivity index (χ1v) is 7.19. The summed E-state index contributed by atoms with van der Waals surface area (Å²) in [6.07, 6.45) is 1.10. The van der Waals surface area contributed by atoms with Crippen LogP contribution in [0.3, 0.4) is 0 Å². The highest BCUT2D eigenvalue weighted by Gasteiger charge is 2.10. The van der Waals surface area contributed by atoms with Crippen LogP contribution in [0.2, 0.25) is 0 Å². The predicted molar refractivity (Wildman–Crippen MR) is 90.3 cm³/mol. The number of benzene rings is 2. The van der Waals surface area contributed by atoms with E-state index in [1.54, 1.807) is 30.3 Å². The Bertz CT molecular complexity index is 790. The van der Waals surface area contributed by atoms with Gasteiger partial charge >= 0.3 is 0 Å². The molecule has 2 rings (SSSR count). The molecule has 2 aromatic carbocycles. The summed E-state index contributed by atoms with van der Waals surface area (Å²) in [6.45, 7) is 0.296. The van der Waals surface area contributed by atoms with Crippen LogP contribution in [-0.4, -0.2) is 11.8 Å². The Balaban J connectivity index is 1.95. The summed E-state index contributed by atoms with van der Waals surface area (Å²) < 4.78 is 0. The van der Waals surface area contributed by atoms with Crippen molar-refractivity contribution in [2.24, 2.45) is 0 Å². The molecule has 0 aliphatic rings. The minimum absolute atomic E-state index is 0.185. The number of carbonyl (C=O) groups excluding carboxylic acids is 2. The summed E-state index contributed by atoms with van der Waals surface area (Å²) in [5.41, 5.74) is 7.20. The van der Waals surface area contributed by atoms with Gasteiger partial charge in [0, 0.05) is 24.0 Å². The number of nitrogens with zero attached hydrogens (tertiary/aromatic N) is 1. The number of rotatable bonds is 5. The van der Waals surface area contributed by atoms with E-state index in [2.05, 4.69) is 10.6 Å². The van der Waals surface area contributed by atoms with Crippen LogP contribution in [0, 0.1) is 11.3 Å². The number of hydrogen-bond acceptors (Lipinski definition) is 4. The Morgan fingerprint density at radius 3 is 2.38 bits per heavy atom. The Morgan fingerprint density at radius 1 is 1.08 bits per heavy atom. The van der Waals surface area contributed by atoms with E-state index < -0.39 is 11.8 Å². The second kappa shape index (κ2) is 8.15. The maximum Gasteiger partial charge on any atom is 0.263 e. The molecule has 0 aromatic heterocycles. The number of nitrogens with one attached hydrogen (secondary N) is 2. The number of carbonyl (C=O) groups is 2. The summed E-state index contributed by atoms with van der Waals surface area (Å²) in [7, 11) is 0. The number of amides is 2. The number of nitriles is 1. The van der Waals surface area contributed by atoms with Crippen LogP contribution in [0.4, 0.5) is 5.69 Å². The van der Waals surface area contributed by atoms with Crippen molar-refractivity contribution in [2.75, 3.05) is 5.73 Å². The van der Waals surface area contributed by atoms with Gasteiger partial charge in [-0.05, 0) is 29.8 Å². The number of nitrogens with two attached hydrogens (primary N) is 1. The maximum atomic E-state index is 12.0. The first-order valence-electron chi connectivity index (χ1n) is 7.19. The molecule has 4 N–H and O–H groups in total. The molecule has 2 amide bonds. The SMILES string of the molecule is N#C/C(=C/NC(=O)c1ccc(N)cc1)C(=O)NCc1ccccc1. The average molecular weight is 320 g/mol. The molecule has 0 radical (unpaired) electrons. The van der Waals surface area contributed by atoms with E-state index in [4.69, 9.17) is 11.0 Å². The smallest absolute Gasteiger partial charge is 0.263 e. The number of hydrogen-bond donors (Lipinski definition) is 3. The Labute approximate surface area is 139 Å². The van der Waals surface area contributed by atoms with Gasteiger partial charge in [-0.15, -0.1) is 0 Å². The minimum Gasteiger partial charge on any atom is -0.399 e.